The SMILES string of the molecule is CC(=O)C1(C=C(F)F)CCCCC1. The number of hydrogen-bond acceptors (Lipinski definition) is 1. The lowest BCUT2D eigenvalue weighted by Gasteiger charge is -2.31. The van der Waals surface area contributed by atoms with Crippen molar-refractivity contribution in [1.29, 1.82) is 0 Å². The lowest BCUT2D eigenvalue weighted by molar-refractivity contribution is -0.125. The molecule has 13 heavy (non-hydrogen) atoms. The minimum absolute atomic E-state index is 0.125. The minimum atomic E-state index is -1.72. The molecular weight excluding hydrogens is 174 g/mol. The Morgan fingerprint density at radius 3 is 2.15 bits per heavy atom. The van der Waals surface area contributed by atoms with Crippen molar-refractivity contribution in [1.82, 2.24) is 0 Å². The van der Waals surface area contributed by atoms with Crippen molar-refractivity contribution >= 4 is 5.78 Å². The summed E-state index contributed by atoms with van der Waals surface area (Å²) in [7, 11) is 0. The van der Waals surface area contributed by atoms with Crippen LogP contribution < -0.4 is 0 Å². The maximum atomic E-state index is 12.1. The summed E-state index contributed by atoms with van der Waals surface area (Å²) < 4.78 is 24.3. The number of carbonyl (C=O) groups excluding carboxylic acids is 1. The van der Waals surface area contributed by atoms with E-state index < -0.39 is 11.5 Å². The van der Waals surface area contributed by atoms with Crippen LogP contribution in [0.2, 0.25) is 0 Å². The monoisotopic (exact) mass is 188 g/mol. The van der Waals surface area contributed by atoms with Crippen LogP contribution in [0.4, 0.5) is 8.78 Å². The molecule has 0 aromatic rings. The first-order chi connectivity index (χ1) is 6.07. The molecule has 0 heterocycles. The predicted octanol–water partition coefficient (Wildman–Crippen LogP) is 3.31. The van der Waals surface area contributed by atoms with Crippen molar-refractivity contribution in [3.05, 3.63) is 12.2 Å². The largest absolute Gasteiger partial charge is 0.299 e. The van der Waals surface area contributed by atoms with E-state index in [0.29, 0.717) is 12.8 Å². The first-order valence-electron chi connectivity index (χ1n) is 4.62. The van der Waals surface area contributed by atoms with E-state index in [1.165, 1.54) is 6.92 Å². The van der Waals surface area contributed by atoms with Gasteiger partial charge in [0, 0.05) is 0 Å². The normalized spacial score (nSPS) is 20.8. The zero-order chi connectivity index (χ0) is 9.90. The van der Waals surface area contributed by atoms with Crippen LogP contribution in [-0.2, 0) is 4.79 Å². The summed E-state index contributed by atoms with van der Waals surface area (Å²) in [6, 6.07) is 0. The topological polar surface area (TPSA) is 17.1 Å². The van der Waals surface area contributed by atoms with Gasteiger partial charge in [-0.1, -0.05) is 19.3 Å². The van der Waals surface area contributed by atoms with E-state index in [2.05, 4.69) is 0 Å². The van der Waals surface area contributed by atoms with E-state index in [1.807, 2.05) is 0 Å². The van der Waals surface area contributed by atoms with Crippen LogP contribution >= 0.6 is 0 Å². The Hall–Kier alpha value is -0.730. The summed E-state index contributed by atoms with van der Waals surface area (Å²) >= 11 is 0. The summed E-state index contributed by atoms with van der Waals surface area (Å²) in [4.78, 5) is 11.3. The highest BCUT2D eigenvalue weighted by Crippen LogP contribution is 2.39. The van der Waals surface area contributed by atoms with E-state index in [1.54, 1.807) is 0 Å². The lowest BCUT2D eigenvalue weighted by atomic mass is 9.71. The average molecular weight is 188 g/mol. The van der Waals surface area contributed by atoms with Crippen molar-refractivity contribution < 1.29 is 13.6 Å². The zero-order valence-electron chi connectivity index (χ0n) is 7.78. The van der Waals surface area contributed by atoms with E-state index >= 15 is 0 Å². The lowest BCUT2D eigenvalue weighted by Crippen LogP contribution is -2.29. The van der Waals surface area contributed by atoms with Gasteiger partial charge in [0.25, 0.3) is 6.08 Å². The number of rotatable bonds is 2. The maximum Gasteiger partial charge on any atom is 0.267 e. The molecule has 0 amide bonds. The number of ketones is 1. The Labute approximate surface area is 76.8 Å². The van der Waals surface area contributed by atoms with Gasteiger partial charge in [-0.3, -0.25) is 4.79 Å². The van der Waals surface area contributed by atoms with Gasteiger partial charge < -0.3 is 0 Å². The molecule has 3 heteroatoms. The van der Waals surface area contributed by atoms with Crippen LogP contribution in [0.1, 0.15) is 39.0 Å². The van der Waals surface area contributed by atoms with Gasteiger partial charge in [0.05, 0.1) is 5.41 Å². The maximum absolute atomic E-state index is 12.1. The van der Waals surface area contributed by atoms with Crippen LogP contribution in [-0.4, -0.2) is 5.78 Å². The second-order valence-electron chi connectivity index (χ2n) is 3.71. The van der Waals surface area contributed by atoms with Crippen molar-refractivity contribution in [2.75, 3.05) is 0 Å². The number of carbonyl (C=O) groups is 1. The minimum Gasteiger partial charge on any atom is -0.299 e. The van der Waals surface area contributed by atoms with Crippen LogP contribution in [0.3, 0.4) is 0 Å². The molecule has 0 aliphatic heterocycles. The van der Waals surface area contributed by atoms with Crippen LogP contribution in [0.5, 0.6) is 0 Å². The number of halogens is 2. The molecule has 0 saturated heterocycles. The van der Waals surface area contributed by atoms with E-state index in [-0.39, 0.29) is 5.78 Å². The van der Waals surface area contributed by atoms with Gasteiger partial charge in [-0.05, 0) is 25.8 Å². The summed E-state index contributed by atoms with van der Waals surface area (Å²) in [6.07, 6.45) is 3.11. The van der Waals surface area contributed by atoms with Gasteiger partial charge in [-0.15, -0.1) is 0 Å². The van der Waals surface area contributed by atoms with Crippen molar-refractivity contribution in [3.8, 4) is 0 Å². The molecule has 1 rings (SSSR count). The fourth-order valence-corrected chi connectivity index (χ4v) is 1.99. The highest BCUT2D eigenvalue weighted by molar-refractivity contribution is 5.84. The van der Waals surface area contributed by atoms with Crippen molar-refractivity contribution in [3.63, 3.8) is 0 Å². The molecule has 74 valence electrons. The molecule has 1 aliphatic rings. The fraction of sp³-hybridized carbons (Fsp3) is 0.700. The molecule has 0 bridgehead atoms. The second-order valence-corrected chi connectivity index (χ2v) is 3.71. The summed E-state index contributed by atoms with van der Waals surface area (Å²) in [5.41, 5.74) is -0.850. The molecule has 1 saturated carbocycles. The molecular formula is C10H14F2O. The predicted molar refractivity (Wildman–Crippen MR) is 46.5 cm³/mol. The van der Waals surface area contributed by atoms with Crippen LogP contribution in [0.15, 0.2) is 12.2 Å². The van der Waals surface area contributed by atoms with Crippen LogP contribution in [0.25, 0.3) is 0 Å². The van der Waals surface area contributed by atoms with Gasteiger partial charge in [-0.2, -0.15) is 8.78 Å². The molecule has 0 aromatic carbocycles. The highest BCUT2D eigenvalue weighted by Gasteiger charge is 2.35. The molecule has 1 aliphatic carbocycles. The molecule has 0 atom stereocenters. The summed E-state index contributed by atoms with van der Waals surface area (Å²) in [6.45, 7) is 1.41. The molecule has 0 aromatic heterocycles. The third-order valence-electron chi connectivity index (χ3n) is 2.83. The van der Waals surface area contributed by atoms with Crippen molar-refractivity contribution in [2.45, 2.75) is 39.0 Å². The Kier molecular flexibility index (Phi) is 3.17. The third-order valence-corrected chi connectivity index (χ3v) is 2.83. The van der Waals surface area contributed by atoms with E-state index in [4.69, 9.17) is 0 Å². The Bertz CT molecular complexity index is 223. The number of Topliss-reactive ketones (excluding diaryl/α,β-unsaturated/α-hetero) is 1. The first-order valence-corrected chi connectivity index (χ1v) is 4.62. The van der Waals surface area contributed by atoms with Crippen LogP contribution in [0, 0.1) is 5.41 Å². The van der Waals surface area contributed by atoms with E-state index in [9.17, 15) is 13.6 Å². The van der Waals surface area contributed by atoms with Gasteiger partial charge in [-0.25, -0.2) is 0 Å². The Morgan fingerprint density at radius 1 is 1.23 bits per heavy atom. The smallest absolute Gasteiger partial charge is 0.267 e. The Balaban J connectivity index is 2.86. The zero-order valence-corrected chi connectivity index (χ0v) is 7.78. The first kappa shape index (κ1) is 10.4. The van der Waals surface area contributed by atoms with Gasteiger partial charge in [0.1, 0.15) is 5.78 Å². The van der Waals surface area contributed by atoms with Gasteiger partial charge >= 0.3 is 0 Å². The summed E-state index contributed by atoms with van der Waals surface area (Å²) in [5, 5.41) is 0. The molecule has 0 radical (unpaired) electrons. The molecule has 0 spiro atoms. The second kappa shape index (κ2) is 3.99. The Morgan fingerprint density at radius 2 is 1.77 bits per heavy atom. The number of hydrogen-bond donors (Lipinski definition) is 0. The average Bonchev–Trinajstić information content (AvgIpc) is 2.04. The standard InChI is InChI=1S/C10H14F2O/c1-8(13)10(7-9(11)12)5-3-2-4-6-10/h7H,2-6H2,1H3. The molecule has 0 unspecified atom stereocenters. The third kappa shape index (κ3) is 2.36. The molecule has 1 fully saturated rings. The number of allylic oxidation sites excluding steroid dienone is 1. The quantitative estimate of drug-likeness (QED) is 0.649. The highest BCUT2D eigenvalue weighted by atomic mass is 19.3. The molecule has 1 nitrogen and oxygen atoms in total. The van der Waals surface area contributed by atoms with E-state index in [0.717, 1.165) is 25.3 Å². The molecule has 0 N–H and O–H groups in total. The fourth-order valence-electron chi connectivity index (χ4n) is 1.99. The summed E-state index contributed by atoms with van der Waals surface area (Å²) in [5.74, 6) is -0.125. The van der Waals surface area contributed by atoms with Gasteiger partial charge in [0.2, 0.25) is 0 Å². The van der Waals surface area contributed by atoms with Gasteiger partial charge in [0.15, 0.2) is 0 Å². The van der Waals surface area contributed by atoms with Crippen molar-refractivity contribution in [2.24, 2.45) is 5.41 Å².